The molecule has 2 aromatic heterocycles. The van der Waals surface area contributed by atoms with E-state index < -0.39 is 5.91 Å². The molecular formula is C18H17N3O2. The van der Waals surface area contributed by atoms with Crippen LogP contribution in [0.5, 0.6) is 0 Å². The summed E-state index contributed by atoms with van der Waals surface area (Å²) in [6.45, 7) is 4.17. The van der Waals surface area contributed by atoms with Crippen molar-refractivity contribution in [2.75, 3.05) is 5.32 Å². The van der Waals surface area contributed by atoms with Crippen molar-refractivity contribution in [1.82, 2.24) is 9.38 Å². The standard InChI is InChI=1S/C18H17N3O2/c1-12(2)13-6-5-7-14(10-13)20-17(22)15-11-19-16-8-3-4-9-21(16)18(15)23/h3-12H,1-2H3,(H,20,22). The van der Waals surface area contributed by atoms with Crippen molar-refractivity contribution in [2.45, 2.75) is 19.8 Å². The van der Waals surface area contributed by atoms with Crippen LogP contribution in [0.3, 0.4) is 0 Å². The summed E-state index contributed by atoms with van der Waals surface area (Å²) in [6.07, 6.45) is 2.92. The topological polar surface area (TPSA) is 63.5 Å². The van der Waals surface area contributed by atoms with Gasteiger partial charge in [0.25, 0.3) is 11.5 Å². The molecule has 1 N–H and O–H groups in total. The monoisotopic (exact) mass is 307 g/mol. The van der Waals surface area contributed by atoms with E-state index in [0.717, 1.165) is 5.56 Å². The van der Waals surface area contributed by atoms with Crippen LogP contribution in [0.25, 0.3) is 5.65 Å². The lowest BCUT2D eigenvalue weighted by Gasteiger charge is -2.09. The van der Waals surface area contributed by atoms with Crippen molar-refractivity contribution >= 4 is 17.2 Å². The summed E-state index contributed by atoms with van der Waals surface area (Å²) >= 11 is 0. The summed E-state index contributed by atoms with van der Waals surface area (Å²) in [4.78, 5) is 28.9. The highest BCUT2D eigenvalue weighted by Crippen LogP contribution is 2.18. The largest absolute Gasteiger partial charge is 0.322 e. The number of benzene rings is 1. The summed E-state index contributed by atoms with van der Waals surface area (Å²) < 4.78 is 1.36. The molecular weight excluding hydrogens is 290 g/mol. The number of pyridine rings is 1. The van der Waals surface area contributed by atoms with Gasteiger partial charge in [0.2, 0.25) is 0 Å². The van der Waals surface area contributed by atoms with Gasteiger partial charge in [0.1, 0.15) is 11.2 Å². The minimum atomic E-state index is -0.457. The van der Waals surface area contributed by atoms with Crippen molar-refractivity contribution < 1.29 is 4.79 Å². The third-order valence-electron chi connectivity index (χ3n) is 3.67. The third kappa shape index (κ3) is 2.99. The van der Waals surface area contributed by atoms with Gasteiger partial charge in [-0.3, -0.25) is 14.0 Å². The van der Waals surface area contributed by atoms with Gasteiger partial charge in [-0.1, -0.05) is 32.0 Å². The average Bonchev–Trinajstić information content (AvgIpc) is 2.55. The number of carbonyl (C=O) groups excluding carboxylic acids is 1. The molecule has 3 aromatic rings. The lowest BCUT2D eigenvalue weighted by Crippen LogP contribution is -2.26. The van der Waals surface area contributed by atoms with E-state index in [0.29, 0.717) is 17.3 Å². The maximum absolute atomic E-state index is 12.4. The van der Waals surface area contributed by atoms with Crippen molar-refractivity contribution in [1.29, 1.82) is 0 Å². The van der Waals surface area contributed by atoms with Gasteiger partial charge in [0.15, 0.2) is 0 Å². The summed E-state index contributed by atoms with van der Waals surface area (Å²) in [5, 5.41) is 2.77. The van der Waals surface area contributed by atoms with Gasteiger partial charge in [0, 0.05) is 18.1 Å². The SMILES string of the molecule is CC(C)c1cccc(NC(=O)c2cnc3ccccn3c2=O)c1. The normalized spacial score (nSPS) is 10.9. The first-order valence-electron chi connectivity index (χ1n) is 7.44. The molecule has 0 bridgehead atoms. The van der Waals surface area contributed by atoms with Crippen LogP contribution >= 0.6 is 0 Å². The van der Waals surface area contributed by atoms with E-state index in [2.05, 4.69) is 24.1 Å². The molecule has 116 valence electrons. The molecule has 0 unspecified atom stereocenters. The first-order valence-corrected chi connectivity index (χ1v) is 7.44. The Morgan fingerprint density at radius 1 is 1.17 bits per heavy atom. The summed E-state index contributed by atoms with van der Waals surface area (Å²) in [5.74, 6) is -0.0959. The zero-order chi connectivity index (χ0) is 16.4. The quantitative estimate of drug-likeness (QED) is 0.809. The minimum Gasteiger partial charge on any atom is -0.322 e. The molecule has 1 aromatic carbocycles. The lowest BCUT2D eigenvalue weighted by atomic mass is 10.0. The molecule has 5 nitrogen and oxygen atoms in total. The molecule has 0 atom stereocenters. The summed E-state index contributed by atoms with van der Waals surface area (Å²) in [6, 6.07) is 12.8. The molecule has 0 aliphatic carbocycles. The number of hydrogen-bond donors (Lipinski definition) is 1. The number of nitrogens with zero attached hydrogens (tertiary/aromatic N) is 2. The Balaban J connectivity index is 1.94. The van der Waals surface area contributed by atoms with E-state index in [-0.39, 0.29) is 11.1 Å². The van der Waals surface area contributed by atoms with Gasteiger partial charge in [0.05, 0.1) is 0 Å². The maximum atomic E-state index is 12.4. The number of nitrogens with one attached hydrogen (secondary N) is 1. The molecule has 1 amide bonds. The zero-order valence-electron chi connectivity index (χ0n) is 13.0. The molecule has 0 saturated heterocycles. The van der Waals surface area contributed by atoms with Crippen molar-refractivity contribution in [3.05, 3.63) is 76.3 Å². The van der Waals surface area contributed by atoms with E-state index in [1.54, 1.807) is 30.5 Å². The second-order valence-corrected chi connectivity index (χ2v) is 5.64. The van der Waals surface area contributed by atoms with Gasteiger partial charge in [-0.15, -0.1) is 0 Å². The van der Waals surface area contributed by atoms with E-state index >= 15 is 0 Å². The van der Waals surface area contributed by atoms with Gasteiger partial charge < -0.3 is 5.32 Å². The molecule has 3 rings (SSSR count). The van der Waals surface area contributed by atoms with Gasteiger partial charge in [-0.25, -0.2) is 4.98 Å². The molecule has 0 spiro atoms. The van der Waals surface area contributed by atoms with Crippen LogP contribution in [0.1, 0.15) is 35.7 Å². The third-order valence-corrected chi connectivity index (χ3v) is 3.67. The van der Waals surface area contributed by atoms with Crippen LogP contribution in [0.15, 0.2) is 59.7 Å². The first kappa shape index (κ1) is 15.0. The number of carbonyl (C=O) groups is 1. The highest BCUT2D eigenvalue weighted by Gasteiger charge is 2.13. The van der Waals surface area contributed by atoms with Gasteiger partial charge in [-0.05, 0) is 35.7 Å². The molecule has 0 fully saturated rings. The van der Waals surface area contributed by atoms with Crippen molar-refractivity contribution in [3.63, 3.8) is 0 Å². The van der Waals surface area contributed by atoms with Crippen molar-refractivity contribution in [2.24, 2.45) is 0 Å². The fourth-order valence-corrected chi connectivity index (χ4v) is 2.36. The van der Waals surface area contributed by atoms with Crippen LogP contribution in [0.4, 0.5) is 5.69 Å². The number of hydrogen-bond acceptors (Lipinski definition) is 3. The molecule has 0 aliphatic heterocycles. The van der Waals surface area contributed by atoms with Crippen molar-refractivity contribution in [3.8, 4) is 0 Å². The van der Waals surface area contributed by atoms with Gasteiger partial charge >= 0.3 is 0 Å². The first-order chi connectivity index (χ1) is 11.1. The average molecular weight is 307 g/mol. The Labute approximate surface area is 133 Å². The fraction of sp³-hybridized carbons (Fsp3) is 0.167. The van der Waals surface area contributed by atoms with Crippen LogP contribution in [-0.4, -0.2) is 15.3 Å². The highest BCUT2D eigenvalue weighted by atomic mass is 16.2. The van der Waals surface area contributed by atoms with E-state index in [4.69, 9.17) is 0 Å². The Morgan fingerprint density at radius 3 is 2.78 bits per heavy atom. The molecule has 23 heavy (non-hydrogen) atoms. The summed E-state index contributed by atoms with van der Waals surface area (Å²) in [5.41, 5.74) is 1.93. The Kier molecular flexibility index (Phi) is 3.93. The summed E-state index contributed by atoms with van der Waals surface area (Å²) in [7, 11) is 0. The predicted octanol–water partition coefficient (Wildman–Crippen LogP) is 3.07. The molecule has 0 radical (unpaired) electrons. The number of amides is 1. The molecule has 0 saturated carbocycles. The Morgan fingerprint density at radius 2 is 2.00 bits per heavy atom. The maximum Gasteiger partial charge on any atom is 0.270 e. The molecule has 5 heteroatoms. The van der Waals surface area contributed by atoms with E-state index in [1.165, 1.54) is 10.6 Å². The Hall–Kier alpha value is -2.95. The van der Waals surface area contributed by atoms with Crippen LogP contribution in [0.2, 0.25) is 0 Å². The Bertz CT molecular complexity index is 929. The van der Waals surface area contributed by atoms with Gasteiger partial charge in [-0.2, -0.15) is 0 Å². The van der Waals surface area contributed by atoms with Crippen LogP contribution < -0.4 is 10.9 Å². The molecule has 2 heterocycles. The number of rotatable bonds is 3. The second kappa shape index (κ2) is 6.04. The number of fused-ring (bicyclic) bond motifs is 1. The van der Waals surface area contributed by atoms with Crippen LogP contribution in [-0.2, 0) is 0 Å². The van der Waals surface area contributed by atoms with E-state index in [9.17, 15) is 9.59 Å². The number of anilines is 1. The highest BCUT2D eigenvalue weighted by molar-refractivity contribution is 6.03. The molecule has 0 aliphatic rings. The van der Waals surface area contributed by atoms with Crippen LogP contribution in [0, 0.1) is 0 Å². The lowest BCUT2D eigenvalue weighted by molar-refractivity contribution is 0.102. The predicted molar refractivity (Wildman–Crippen MR) is 89.9 cm³/mol. The second-order valence-electron chi connectivity index (χ2n) is 5.64. The number of aromatic nitrogens is 2. The zero-order valence-corrected chi connectivity index (χ0v) is 13.0. The minimum absolute atomic E-state index is 0.0173. The fourth-order valence-electron chi connectivity index (χ4n) is 2.36. The van der Waals surface area contributed by atoms with E-state index in [1.807, 2.05) is 18.2 Å². The smallest absolute Gasteiger partial charge is 0.270 e.